The molecule has 0 radical (unpaired) electrons. The highest BCUT2D eigenvalue weighted by Gasteiger charge is 2.18. The van der Waals surface area contributed by atoms with Crippen molar-refractivity contribution in [2.75, 3.05) is 24.3 Å². The predicted octanol–water partition coefficient (Wildman–Crippen LogP) is 4.36. The second kappa shape index (κ2) is 10.2. The van der Waals surface area contributed by atoms with Gasteiger partial charge in [-0.05, 0) is 48.5 Å². The van der Waals surface area contributed by atoms with E-state index in [0.717, 1.165) is 0 Å². The SMILES string of the molecule is COc1ccc(NS(=O)(=O)c2ccc(NC(=O)c3ccccc3OC(F)F)cc2)cc1OC. The van der Waals surface area contributed by atoms with Gasteiger partial charge in [0.15, 0.2) is 11.5 Å². The van der Waals surface area contributed by atoms with Crippen molar-refractivity contribution in [3.8, 4) is 17.2 Å². The van der Waals surface area contributed by atoms with Crippen molar-refractivity contribution in [1.29, 1.82) is 0 Å². The Labute approximate surface area is 189 Å². The van der Waals surface area contributed by atoms with E-state index in [4.69, 9.17) is 9.47 Å². The van der Waals surface area contributed by atoms with Crippen molar-refractivity contribution >= 4 is 27.3 Å². The summed E-state index contributed by atoms with van der Waals surface area (Å²) >= 11 is 0. The molecule has 33 heavy (non-hydrogen) atoms. The first-order valence-corrected chi connectivity index (χ1v) is 10.9. The van der Waals surface area contributed by atoms with Crippen LogP contribution in [0.2, 0.25) is 0 Å². The lowest BCUT2D eigenvalue weighted by Gasteiger charge is -2.13. The summed E-state index contributed by atoms with van der Waals surface area (Å²) in [4.78, 5) is 12.4. The summed E-state index contributed by atoms with van der Waals surface area (Å²) in [7, 11) is -1.04. The number of carbonyl (C=O) groups excluding carboxylic acids is 1. The van der Waals surface area contributed by atoms with Crippen LogP contribution in [0.3, 0.4) is 0 Å². The molecular weight excluding hydrogens is 458 g/mol. The number of para-hydroxylation sites is 1. The third-order valence-electron chi connectivity index (χ3n) is 4.41. The molecule has 0 aliphatic rings. The standard InChI is InChI=1S/C22H20F2N2O6S/c1-30-19-12-9-15(13-20(19)31-2)26-33(28,29)16-10-7-14(8-11-16)25-21(27)17-5-3-4-6-18(17)32-22(23)24/h3-13,22,26H,1-2H3,(H,25,27). The first-order chi connectivity index (χ1) is 15.7. The van der Waals surface area contributed by atoms with Crippen LogP contribution in [0.25, 0.3) is 0 Å². The number of alkyl halides is 2. The lowest BCUT2D eigenvalue weighted by molar-refractivity contribution is -0.0501. The van der Waals surface area contributed by atoms with E-state index in [2.05, 4.69) is 14.8 Å². The van der Waals surface area contributed by atoms with E-state index in [9.17, 15) is 22.0 Å². The van der Waals surface area contributed by atoms with Gasteiger partial charge in [-0.25, -0.2) is 8.42 Å². The molecule has 0 bridgehead atoms. The van der Waals surface area contributed by atoms with Gasteiger partial charge in [0.25, 0.3) is 15.9 Å². The van der Waals surface area contributed by atoms with Crippen LogP contribution in [0, 0.1) is 0 Å². The minimum absolute atomic E-state index is 0.0586. The number of hydrogen-bond donors (Lipinski definition) is 2. The van der Waals surface area contributed by atoms with E-state index in [1.54, 1.807) is 6.07 Å². The summed E-state index contributed by atoms with van der Waals surface area (Å²) in [6.45, 7) is -3.08. The summed E-state index contributed by atoms with van der Waals surface area (Å²) in [6.07, 6.45) is 0. The topological polar surface area (TPSA) is 103 Å². The van der Waals surface area contributed by atoms with Crippen LogP contribution in [0.1, 0.15) is 10.4 Å². The third kappa shape index (κ3) is 5.89. The summed E-state index contributed by atoms with van der Waals surface area (Å²) in [6, 6.07) is 15.4. The fourth-order valence-corrected chi connectivity index (χ4v) is 3.93. The molecule has 0 aliphatic heterocycles. The first-order valence-electron chi connectivity index (χ1n) is 9.43. The van der Waals surface area contributed by atoms with E-state index >= 15 is 0 Å². The van der Waals surface area contributed by atoms with Crippen LogP contribution in [-0.4, -0.2) is 35.2 Å². The summed E-state index contributed by atoms with van der Waals surface area (Å²) in [5, 5.41) is 2.52. The number of hydrogen-bond acceptors (Lipinski definition) is 6. The van der Waals surface area contributed by atoms with E-state index in [-0.39, 0.29) is 27.6 Å². The molecule has 11 heteroatoms. The normalized spacial score (nSPS) is 11.1. The number of amides is 1. The number of nitrogens with one attached hydrogen (secondary N) is 2. The molecule has 0 atom stereocenters. The molecule has 0 saturated carbocycles. The zero-order valence-corrected chi connectivity index (χ0v) is 18.4. The third-order valence-corrected chi connectivity index (χ3v) is 5.80. The summed E-state index contributed by atoms with van der Waals surface area (Å²) < 4.78 is 67.6. The van der Waals surface area contributed by atoms with Gasteiger partial charge in [0.1, 0.15) is 5.75 Å². The van der Waals surface area contributed by atoms with Crippen LogP contribution < -0.4 is 24.2 Å². The van der Waals surface area contributed by atoms with Crippen molar-refractivity contribution in [1.82, 2.24) is 0 Å². The van der Waals surface area contributed by atoms with E-state index < -0.39 is 22.5 Å². The van der Waals surface area contributed by atoms with Gasteiger partial charge in [0.05, 0.1) is 30.4 Å². The molecule has 0 saturated heterocycles. The maximum atomic E-state index is 12.7. The smallest absolute Gasteiger partial charge is 0.387 e. The molecule has 2 N–H and O–H groups in total. The van der Waals surface area contributed by atoms with Gasteiger partial charge in [0.2, 0.25) is 0 Å². The van der Waals surface area contributed by atoms with Crippen LogP contribution in [0.15, 0.2) is 71.6 Å². The number of halogens is 2. The second-order valence-electron chi connectivity index (χ2n) is 6.53. The van der Waals surface area contributed by atoms with Gasteiger partial charge < -0.3 is 19.5 Å². The van der Waals surface area contributed by atoms with Crippen LogP contribution in [-0.2, 0) is 10.0 Å². The molecule has 3 aromatic rings. The maximum absolute atomic E-state index is 12.7. The molecule has 174 valence electrons. The number of sulfonamides is 1. The molecule has 0 heterocycles. The molecule has 0 aliphatic carbocycles. The average Bonchev–Trinajstić information content (AvgIpc) is 2.79. The molecule has 1 amide bonds. The lowest BCUT2D eigenvalue weighted by atomic mass is 10.2. The molecular formula is C22H20F2N2O6S. The van der Waals surface area contributed by atoms with Gasteiger partial charge in [0, 0.05) is 11.8 Å². The fraction of sp³-hybridized carbons (Fsp3) is 0.136. The number of benzene rings is 3. The van der Waals surface area contributed by atoms with E-state index in [0.29, 0.717) is 11.5 Å². The van der Waals surface area contributed by atoms with Gasteiger partial charge in [-0.1, -0.05) is 12.1 Å². The van der Waals surface area contributed by atoms with Gasteiger partial charge in [-0.2, -0.15) is 8.78 Å². The Balaban J connectivity index is 1.74. The predicted molar refractivity (Wildman–Crippen MR) is 118 cm³/mol. The van der Waals surface area contributed by atoms with Crippen molar-refractivity contribution < 1.29 is 36.2 Å². The Morgan fingerprint density at radius 1 is 0.848 bits per heavy atom. The molecule has 0 spiro atoms. The molecule has 3 rings (SSSR count). The Hall–Kier alpha value is -3.86. The number of ether oxygens (including phenoxy) is 3. The molecule has 3 aromatic carbocycles. The van der Waals surface area contributed by atoms with E-state index in [1.807, 2.05) is 0 Å². The van der Waals surface area contributed by atoms with Crippen molar-refractivity contribution in [2.24, 2.45) is 0 Å². The highest BCUT2D eigenvalue weighted by atomic mass is 32.2. The monoisotopic (exact) mass is 478 g/mol. The molecule has 8 nitrogen and oxygen atoms in total. The van der Waals surface area contributed by atoms with Crippen LogP contribution in [0.4, 0.5) is 20.2 Å². The zero-order chi connectivity index (χ0) is 24.0. The largest absolute Gasteiger partial charge is 0.493 e. The first kappa shape index (κ1) is 23.8. The average molecular weight is 478 g/mol. The Morgan fingerprint density at radius 3 is 2.12 bits per heavy atom. The Morgan fingerprint density at radius 2 is 1.48 bits per heavy atom. The second-order valence-corrected chi connectivity index (χ2v) is 8.21. The van der Waals surface area contributed by atoms with Crippen LogP contribution >= 0.6 is 0 Å². The quantitative estimate of drug-likeness (QED) is 0.474. The fourth-order valence-electron chi connectivity index (χ4n) is 2.88. The molecule has 0 unspecified atom stereocenters. The van der Waals surface area contributed by atoms with E-state index in [1.165, 1.54) is 74.9 Å². The number of carbonyl (C=O) groups is 1. The minimum atomic E-state index is -3.94. The molecule has 0 fully saturated rings. The van der Waals surface area contributed by atoms with Crippen molar-refractivity contribution in [3.63, 3.8) is 0 Å². The minimum Gasteiger partial charge on any atom is -0.493 e. The summed E-state index contributed by atoms with van der Waals surface area (Å²) in [5.74, 6) is -0.165. The number of methoxy groups -OCH3 is 2. The van der Waals surface area contributed by atoms with Crippen molar-refractivity contribution in [3.05, 3.63) is 72.3 Å². The van der Waals surface area contributed by atoms with Gasteiger partial charge in [-0.3, -0.25) is 9.52 Å². The highest BCUT2D eigenvalue weighted by molar-refractivity contribution is 7.92. The van der Waals surface area contributed by atoms with Gasteiger partial charge in [-0.15, -0.1) is 0 Å². The molecule has 0 aromatic heterocycles. The summed E-state index contributed by atoms with van der Waals surface area (Å²) in [5.41, 5.74) is 0.433. The highest BCUT2D eigenvalue weighted by Crippen LogP contribution is 2.31. The van der Waals surface area contributed by atoms with Crippen LogP contribution in [0.5, 0.6) is 17.2 Å². The number of rotatable bonds is 9. The lowest BCUT2D eigenvalue weighted by Crippen LogP contribution is -2.15. The van der Waals surface area contributed by atoms with Gasteiger partial charge >= 0.3 is 6.61 Å². The number of anilines is 2. The maximum Gasteiger partial charge on any atom is 0.387 e. The zero-order valence-electron chi connectivity index (χ0n) is 17.5. The Bertz CT molecular complexity index is 1230. The van der Waals surface area contributed by atoms with Crippen molar-refractivity contribution in [2.45, 2.75) is 11.5 Å². The Kier molecular flexibility index (Phi) is 7.34.